The van der Waals surface area contributed by atoms with Crippen molar-refractivity contribution >= 4 is 17.9 Å². The van der Waals surface area contributed by atoms with Crippen molar-refractivity contribution in [1.29, 1.82) is 0 Å². The molecule has 0 N–H and O–H groups in total. The van der Waals surface area contributed by atoms with E-state index >= 15 is 0 Å². The number of hydrogen-bond donors (Lipinski definition) is 0. The lowest BCUT2D eigenvalue weighted by atomic mass is 10.0. The van der Waals surface area contributed by atoms with Gasteiger partial charge in [-0.3, -0.25) is 14.4 Å². The van der Waals surface area contributed by atoms with E-state index in [0.29, 0.717) is 19.3 Å². The van der Waals surface area contributed by atoms with Gasteiger partial charge in [0.1, 0.15) is 13.2 Å². The summed E-state index contributed by atoms with van der Waals surface area (Å²) in [6.45, 7) is 6.55. The van der Waals surface area contributed by atoms with E-state index in [-0.39, 0.29) is 31.1 Å². The average Bonchev–Trinajstić information content (AvgIpc) is 3.38. The normalized spacial score (nSPS) is 12.4. The Bertz CT molecular complexity index is 1290. The minimum absolute atomic E-state index is 0.0802. The van der Waals surface area contributed by atoms with Crippen molar-refractivity contribution in [2.24, 2.45) is 0 Å². The van der Waals surface area contributed by atoms with Crippen LogP contribution in [0.4, 0.5) is 0 Å². The summed E-state index contributed by atoms with van der Waals surface area (Å²) < 4.78 is 16.9. The molecule has 1 atom stereocenters. The van der Waals surface area contributed by atoms with E-state index in [1.165, 1.54) is 186 Å². The number of carbonyl (C=O) groups is 3. The molecule has 0 heterocycles. The maximum atomic E-state index is 12.9. The number of allylic oxidation sites excluding steroid dienone is 10. The molecular formula is C66H118O6. The number of esters is 3. The number of rotatable bonds is 57. The maximum absolute atomic E-state index is 12.9. The van der Waals surface area contributed by atoms with E-state index < -0.39 is 6.10 Å². The molecule has 0 radical (unpaired) electrons. The lowest BCUT2D eigenvalue weighted by Gasteiger charge is -2.18. The second-order valence-electron chi connectivity index (χ2n) is 21.0. The molecule has 0 bridgehead atoms. The molecule has 6 nitrogen and oxygen atoms in total. The topological polar surface area (TPSA) is 78.9 Å². The highest BCUT2D eigenvalue weighted by Gasteiger charge is 2.19. The summed E-state index contributed by atoms with van der Waals surface area (Å²) in [5.41, 5.74) is 0. The molecule has 0 spiro atoms. The van der Waals surface area contributed by atoms with E-state index in [2.05, 4.69) is 81.5 Å². The first-order valence-corrected chi connectivity index (χ1v) is 31.3. The average molecular weight is 1010 g/mol. The van der Waals surface area contributed by atoms with E-state index in [4.69, 9.17) is 14.2 Å². The Labute approximate surface area is 447 Å². The predicted octanol–water partition coefficient (Wildman–Crippen LogP) is 21.2. The molecule has 0 saturated heterocycles. The van der Waals surface area contributed by atoms with E-state index in [9.17, 15) is 14.4 Å². The minimum Gasteiger partial charge on any atom is -0.462 e. The lowest BCUT2D eigenvalue weighted by Crippen LogP contribution is -2.30. The van der Waals surface area contributed by atoms with Crippen LogP contribution in [0.2, 0.25) is 0 Å². The van der Waals surface area contributed by atoms with Gasteiger partial charge in [0.2, 0.25) is 0 Å². The molecule has 6 heteroatoms. The molecule has 72 heavy (non-hydrogen) atoms. The summed E-state index contributed by atoms with van der Waals surface area (Å²) in [5, 5.41) is 0. The van der Waals surface area contributed by atoms with Crippen molar-refractivity contribution in [2.45, 2.75) is 329 Å². The van der Waals surface area contributed by atoms with Gasteiger partial charge in [-0.05, 0) is 64.2 Å². The molecule has 0 fully saturated rings. The van der Waals surface area contributed by atoms with Crippen LogP contribution in [-0.4, -0.2) is 37.2 Å². The molecule has 0 unspecified atom stereocenters. The standard InChI is InChI=1S/C66H118O6/c1-4-7-10-13-16-19-22-25-28-31-33-35-38-41-44-47-50-53-56-59-65(68)71-62-63(61-70-64(67)58-55-52-49-46-43-40-37-30-27-24-21-18-15-12-9-6-3)72-66(69)60-57-54-51-48-45-42-39-36-34-32-29-26-23-20-17-14-11-8-5-2/h7,10,16,19,25,28,33,35,41,44,63H,4-6,8-9,11-15,17-18,20-24,26-27,29-32,34,36-40,42-43,45-62H2,1-3H3/b10-7+,19-16+,28-25+,35-33+,44-41+/t63-/m1/s1. The second-order valence-corrected chi connectivity index (χ2v) is 21.0. The van der Waals surface area contributed by atoms with Gasteiger partial charge in [0.25, 0.3) is 0 Å². The predicted molar refractivity (Wildman–Crippen MR) is 312 cm³/mol. The zero-order valence-electron chi connectivity index (χ0n) is 47.9. The van der Waals surface area contributed by atoms with Crippen molar-refractivity contribution in [1.82, 2.24) is 0 Å². The number of hydrogen-bond acceptors (Lipinski definition) is 6. The number of ether oxygens (including phenoxy) is 3. The first-order chi connectivity index (χ1) is 35.5. The van der Waals surface area contributed by atoms with E-state index in [1.807, 2.05) is 0 Å². The molecule has 418 valence electrons. The van der Waals surface area contributed by atoms with Gasteiger partial charge in [-0.2, -0.15) is 0 Å². The fourth-order valence-corrected chi connectivity index (χ4v) is 9.12. The molecular weight excluding hydrogens is 889 g/mol. The van der Waals surface area contributed by atoms with Crippen LogP contribution in [0.15, 0.2) is 60.8 Å². The van der Waals surface area contributed by atoms with Crippen LogP contribution in [0, 0.1) is 0 Å². The second kappa shape index (κ2) is 60.7. The van der Waals surface area contributed by atoms with Crippen LogP contribution in [0.3, 0.4) is 0 Å². The summed E-state index contributed by atoms with van der Waals surface area (Å²) in [6, 6.07) is 0. The number of carbonyl (C=O) groups excluding carboxylic acids is 3. The monoisotopic (exact) mass is 1010 g/mol. The third kappa shape index (κ3) is 58.0. The zero-order chi connectivity index (χ0) is 52.2. The van der Waals surface area contributed by atoms with Gasteiger partial charge in [-0.15, -0.1) is 0 Å². The maximum Gasteiger partial charge on any atom is 0.306 e. The van der Waals surface area contributed by atoms with Gasteiger partial charge < -0.3 is 14.2 Å². The third-order valence-corrected chi connectivity index (χ3v) is 13.8. The summed E-state index contributed by atoms with van der Waals surface area (Å²) in [4.78, 5) is 38.3. The Morgan fingerprint density at radius 3 is 0.847 bits per heavy atom. The van der Waals surface area contributed by atoms with Gasteiger partial charge in [-0.1, -0.05) is 300 Å². The highest BCUT2D eigenvalue weighted by atomic mass is 16.6. The van der Waals surface area contributed by atoms with E-state index in [0.717, 1.165) is 96.3 Å². The molecule has 0 saturated carbocycles. The highest BCUT2D eigenvalue weighted by Crippen LogP contribution is 2.17. The van der Waals surface area contributed by atoms with E-state index in [1.54, 1.807) is 0 Å². The Morgan fingerprint density at radius 2 is 0.542 bits per heavy atom. The fourth-order valence-electron chi connectivity index (χ4n) is 9.12. The molecule has 0 aromatic rings. The van der Waals surface area contributed by atoms with Crippen molar-refractivity contribution < 1.29 is 28.6 Å². The van der Waals surface area contributed by atoms with Crippen LogP contribution in [0.1, 0.15) is 323 Å². The van der Waals surface area contributed by atoms with Crippen molar-refractivity contribution in [2.75, 3.05) is 13.2 Å². The van der Waals surface area contributed by atoms with Gasteiger partial charge in [0.15, 0.2) is 6.10 Å². The Balaban J connectivity index is 4.39. The van der Waals surface area contributed by atoms with Gasteiger partial charge in [0.05, 0.1) is 0 Å². The Morgan fingerprint density at radius 1 is 0.292 bits per heavy atom. The van der Waals surface area contributed by atoms with Crippen LogP contribution in [0.5, 0.6) is 0 Å². The summed E-state index contributed by atoms with van der Waals surface area (Å²) >= 11 is 0. The van der Waals surface area contributed by atoms with Crippen molar-refractivity contribution in [3.8, 4) is 0 Å². The SMILES string of the molecule is CC/C=C/C/C=C/C/C=C/C/C=C/C/C=C/CCCCCC(=O)OC[C@@H](COC(=O)CCCCCCCCCCCCCCCCCC)OC(=O)CCCCCCCCCCCCCCCCCCCCC. The van der Waals surface area contributed by atoms with Crippen molar-refractivity contribution in [3.05, 3.63) is 60.8 Å². The molecule has 0 aromatic heterocycles. The lowest BCUT2D eigenvalue weighted by molar-refractivity contribution is -0.167. The van der Waals surface area contributed by atoms with Crippen LogP contribution < -0.4 is 0 Å². The molecule has 0 aliphatic carbocycles. The third-order valence-electron chi connectivity index (χ3n) is 13.8. The first-order valence-electron chi connectivity index (χ1n) is 31.3. The van der Waals surface area contributed by atoms with Gasteiger partial charge in [0, 0.05) is 19.3 Å². The van der Waals surface area contributed by atoms with Crippen LogP contribution in [0.25, 0.3) is 0 Å². The largest absolute Gasteiger partial charge is 0.462 e. The molecule has 0 aliphatic heterocycles. The highest BCUT2D eigenvalue weighted by molar-refractivity contribution is 5.71. The molecule has 0 aliphatic rings. The summed E-state index contributed by atoms with van der Waals surface area (Å²) in [5.74, 6) is -0.893. The Hall–Kier alpha value is -2.89. The Kier molecular flexibility index (Phi) is 58.2. The number of unbranched alkanes of at least 4 members (excludes halogenated alkanes) is 36. The smallest absolute Gasteiger partial charge is 0.306 e. The van der Waals surface area contributed by atoms with Gasteiger partial charge >= 0.3 is 17.9 Å². The minimum atomic E-state index is -0.785. The fraction of sp³-hybridized carbons (Fsp3) is 0.803. The quantitative estimate of drug-likeness (QED) is 0.0261. The molecule has 0 rings (SSSR count). The molecule has 0 aromatic carbocycles. The first kappa shape index (κ1) is 69.1. The van der Waals surface area contributed by atoms with Crippen molar-refractivity contribution in [3.63, 3.8) is 0 Å². The van der Waals surface area contributed by atoms with Crippen LogP contribution >= 0.6 is 0 Å². The van der Waals surface area contributed by atoms with Gasteiger partial charge in [-0.25, -0.2) is 0 Å². The zero-order valence-corrected chi connectivity index (χ0v) is 47.9. The summed E-state index contributed by atoms with van der Waals surface area (Å²) in [6.07, 6.45) is 76.5. The molecule has 0 amide bonds. The van der Waals surface area contributed by atoms with Crippen LogP contribution in [-0.2, 0) is 28.6 Å². The summed E-state index contributed by atoms with van der Waals surface area (Å²) in [7, 11) is 0.